The summed E-state index contributed by atoms with van der Waals surface area (Å²) in [6.07, 6.45) is -1.35. The Bertz CT molecular complexity index is 1160. The molecule has 0 bridgehead atoms. The Hall–Kier alpha value is -2.29. The second-order valence-corrected chi connectivity index (χ2v) is 9.31. The number of nitrogens with zero attached hydrogens (tertiary/aromatic N) is 5. The molecule has 1 atom stereocenters. The summed E-state index contributed by atoms with van der Waals surface area (Å²) in [6.45, 7) is 1.46. The van der Waals surface area contributed by atoms with E-state index in [2.05, 4.69) is 19.1 Å². The van der Waals surface area contributed by atoms with Gasteiger partial charge in [-0.1, -0.05) is 0 Å². The number of hydrogen-bond donors (Lipinski definition) is 1. The predicted molar refractivity (Wildman–Crippen MR) is 104 cm³/mol. The van der Waals surface area contributed by atoms with Crippen molar-refractivity contribution < 1.29 is 26.3 Å². The maximum absolute atomic E-state index is 13.1. The van der Waals surface area contributed by atoms with E-state index in [1.165, 1.54) is 16.7 Å². The van der Waals surface area contributed by atoms with Crippen molar-refractivity contribution >= 4 is 32.3 Å². The Kier molecular flexibility index (Phi) is 5.42. The van der Waals surface area contributed by atoms with Crippen molar-refractivity contribution in [3.8, 4) is 11.5 Å². The molecule has 0 radical (unpaired) electrons. The summed E-state index contributed by atoms with van der Waals surface area (Å²) >= 11 is 1.11. The summed E-state index contributed by atoms with van der Waals surface area (Å²) in [5, 5.41) is 0.569. The second-order valence-electron chi connectivity index (χ2n) is 6.75. The van der Waals surface area contributed by atoms with E-state index in [0.717, 1.165) is 30.1 Å². The average Bonchev–Trinajstić information content (AvgIpc) is 3.31. The van der Waals surface area contributed by atoms with Crippen LogP contribution in [-0.2, 0) is 20.9 Å². The van der Waals surface area contributed by atoms with Gasteiger partial charge in [-0.3, -0.25) is 4.40 Å². The number of morpholine rings is 1. The van der Waals surface area contributed by atoms with E-state index in [9.17, 15) is 21.6 Å². The number of aromatic nitrogens is 4. The zero-order valence-electron chi connectivity index (χ0n) is 15.6. The van der Waals surface area contributed by atoms with E-state index in [0.29, 0.717) is 36.2 Å². The number of fused-ring (bicyclic) bond motifs is 1. The standard InChI is InChI=1S/C16H17F3N6O3S2/c1-30(26,27)21-6-11-9-24(4-5-28-11)15-22-14(23-29-15)12-7-20-13-3-2-10(8-25(12)13)16(17,18)19/h2-3,7-8,11,21H,4-6,9H2,1H3/t11-/m1/s1. The molecule has 4 heterocycles. The molecular formula is C16H17F3N6O3S2. The molecule has 3 aromatic rings. The minimum absolute atomic E-state index is 0.133. The van der Waals surface area contributed by atoms with E-state index < -0.39 is 21.8 Å². The third-order valence-corrected chi connectivity index (χ3v) is 5.93. The largest absolute Gasteiger partial charge is 0.417 e. The van der Waals surface area contributed by atoms with Crippen molar-refractivity contribution in [2.75, 3.05) is 37.4 Å². The summed E-state index contributed by atoms with van der Waals surface area (Å²) in [7, 11) is -3.33. The Morgan fingerprint density at radius 3 is 2.90 bits per heavy atom. The minimum atomic E-state index is -4.47. The molecule has 0 spiro atoms. The van der Waals surface area contributed by atoms with Crippen LogP contribution in [0.5, 0.6) is 0 Å². The van der Waals surface area contributed by atoms with E-state index in [1.54, 1.807) is 0 Å². The molecule has 0 unspecified atom stereocenters. The summed E-state index contributed by atoms with van der Waals surface area (Å²) in [6, 6.07) is 2.27. The van der Waals surface area contributed by atoms with Gasteiger partial charge in [-0.25, -0.2) is 18.1 Å². The summed E-state index contributed by atoms with van der Waals surface area (Å²) in [5.74, 6) is 0.263. The van der Waals surface area contributed by atoms with E-state index in [4.69, 9.17) is 4.74 Å². The van der Waals surface area contributed by atoms with Gasteiger partial charge in [-0.05, 0) is 12.1 Å². The highest BCUT2D eigenvalue weighted by Crippen LogP contribution is 2.31. The molecule has 0 aromatic carbocycles. The van der Waals surface area contributed by atoms with Crippen LogP contribution >= 0.6 is 11.5 Å². The zero-order chi connectivity index (χ0) is 21.5. The highest BCUT2D eigenvalue weighted by Gasteiger charge is 2.31. The highest BCUT2D eigenvalue weighted by atomic mass is 32.2. The van der Waals surface area contributed by atoms with Crippen LogP contribution in [0.3, 0.4) is 0 Å². The van der Waals surface area contributed by atoms with Gasteiger partial charge in [-0.15, -0.1) is 0 Å². The SMILES string of the molecule is CS(=O)(=O)NC[C@@H]1CN(c2nc(-c3cnc4ccc(C(F)(F)F)cn34)ns2)CCO1. The van der Waals surface area contributed by atoms with Crippen molar-refractivity contribution in [1.82, 2.24) is 23.5 Å². The van der Waals surface area contributed by atoms with Crippen LogP contribution in [0.4, 0.5) is 18.3 Å². The number of hydrogen-bond acceptors (Lipinski definition) is 8. The Morgan fingerprint density at radius 1 is 1.37 bits per heavy atom. The molecule has 30 heavy (non-hydrogen) atoms. The van der Waals surface area contributed by atoms with Gasteiger partial charge < -0.3 is 9.64 Å². The molecular weight excluding hydrogens is 445 g/mol. The number of nitrogens with one attached hydrogen (secondary N) is 1. The molecule has 0 amide bonds. The van der Waals surface area contributed by atoms with Gasteiger partial charge in [0.25, 0.3) is 0 Å². The Balaban J connectivity index is 1.55. The van der Waals surface area contributed by atoms with Gasteiger partial charge in [-0.2, -0.15) is 22.5 Å². The van der Waals surface area contributed by atoms with Crippen molar-refractivity contribution in [3.05, 3.63) is 30.1 Å². The minimum Gasteiger partial charge on any atom is -0.373 e. The van der Waals surface area contributed by atoms with Crippen LogP contribution in [0.1, 0.15) is 5.56 Å². The van der Waals surface area contributed by atoms with Crippen molar-refractivity contribution in [2.45, 2.75) is 12.3 Å². The molecule has 1 saturated heterocycles. The summed E-state index contributed by atoms with van der Waals surface area (Å²) in [4.78, 5) is 10.5. The lowest BCUT2D eigenvalue weighted by molar-refractivity contribution is -0.137. The van der Waals surface area contributed by atoms with Gasteiger partial charge in [0.05, 0.1) is 30.7 Å². The molecule has 1 aliphatic heterocycles. The summed E-state index contributed by atoms with van der Waals surface area (Å²) < 4.78 is 75.3. The number of rotatable bonds is 5. The maximum atomic E-state index is 13.1. The number of ether oxygens (including phenoxy) is 1. The molecule has 4 rings (SSSR count). The molecule has 1 aliphatic rings. The van der Waals surface area contributed by atoms with Gasteiger partial charge in [0.15, 0.2) is 5.82 Å². The van der Waals surface area contributed by atoms with Crippen molar-refractivity contribution in [1.29, 1.82) is 0 Å². The number of anilines is 1. The Morgan fingerprint density at radius 2 is 2.17 bits per heavy atom. The molecule has 0 aliphatic carbocycles. The number of imidazole rings is 1. The van der Waals surface area contributed by atoms with Crippen LogP contribution in [0.15, 0.2) is 24.5 Å². The highest BCUT2D eigenvalue weighted by molar-refractivity contribution is 7.88. The lowest BCUT2D eigenvalue weighted by atomic mass is 10.3. The monoisotopic (exact) mass is 462 g/mol. The van der Waals surface area contributed by atoms with Crippen molar-refractivity contribution in [2.24, 2.45) is 0 Å². The third-order valence-electron chi connectivity index (χ3n) is 4.46. The normalized spacial score (nSPS) is 18.3. The number of alkyl halides is 3. The van der Waals surface area contributed by atoms with E-state index in [1.807, 2.05) is 4.90 Å². The molecule has 1 fully saturated rings. The predicted octanol–water partition coefficient (Wildman–Crippen LogP) is 1.63. The maximum Gasteiger partial charge on any atom is 0.417 e. The lowest BCUT2D eigenvalue weighted by Gasteiger charge is -2.32. The number of halogens is 3. The number of pyridine rings is 1. The van der Waals surface area contributed by atoms with Crippen LogP contribution in [0.25, 0.3) is 17.2 Å². The van der Waals surface area contributed by atoms with Crippen LogP contribution in [0.2, 0.25) is 0 Å². The third kappa shape index (κ3) is 4.55. The first-order valence-corrected chi connectivity index (χ1v) is 11.5. The van der Waals surface area contributed by atoms with Crippen LogP contribution < -0.4 is 9.62 Å². The van der Waals surface area contributed by atoms with Gasteiger partial charge >= 0.3 is 6.18 Å². The molecule has 1 N–H and O–H groups in total. The van der Waals surface area contributed by atoms with E-state index in [-0.39, 0.29) is 18.5 Å². The first kappa shape index (κ1) is 21.0. The van der Waals surface area contributed by atoms with Crippen LogP contribution in [0, 0.1) is 0 Å². The fraction of sp³-hybridized carbons (Fsp3) is 0.438. The summed E-state index contributed by atoms with van der Waals surface area (Å²) in [5.41, 5.74) is -0.0890. The van der Waals surface area contributed by atoms with Crippen LogP contribution in [-0.4, -0.2) is 65.8 Å². The van der Waals surface area contributed by atoms with Gasteiger partial charge in [0.2, 0.25) is 15.2 Å². The van der Waals surface area contributed by atoms with Gasteiger partial charge in [0, 0.05) is 37.4 Å². The molecule has 0 saturated carbocycles. The smallest absolute Gasteiger partial charge is 0.373 e. The quantitative estimate of drug-likeness (QED) is 0.615. The molecule has 14 heteroatoms. The average molecular weight is 462 g/mol. The topological polar surface area (TPSA) is 102 Å². The van der Waals surface area contributed by atoms with Crippen molar-refractivity contribution in [3.63, 3.8) is 0 Å². The molecule has 3 aromatic heterocycles. The molecule has 9 nitrogen and oxygen atoms in total. The van der Waals surface area contributed by atoms with Gasteiger partial charge in [0.1, 0.15) is 11.3 Å². The first-order valence-electron chi connectivity index (χ1n) is 8.80. The molecule has 162 valence electrons. The zero-order valence-corrected chi connectivity index (χ0v) is 17.3. The Labute approximate surface area is 173 Å². The number of sulfonamides is 1. The lowest BCUT2D eigenvalue weighted by Crippen LogP contribution is -2.47. The first-order chi connectivity index (χ1) is 14.1. The van der Waals surface area contributed by atoms with E-state index >= 15 is 0 Å². The second kappa shape index (κ2) is 7.76. The fourth-order valence-electron chi connectivity index (χ4n) is 3.02. The fourth-order valence-corrected chi connectivity index (χ4v) is 4.22.